The topological polar surface area (TPSA) is 157 Å². The van der Waals surface area contributed by atoms with Crippen LogP contribution in [0.4, 0.5) is 0 Å². The molecule has 0 spiro atoms. The zero-order valence-electron chi connectivity index (χ0n) is 17.3. The van der Waals surface area contributed by atoms with Crippen LogP contribution in [0.15, 0.2) is 0 Å². The lowest BCUT2D eigenvalue weighted by molar-refractivity contribution is -0.300. The maximum absolute atomic E-state index is 12.9. The van der Waals surface area contributed by atoms with Crippen LogP contribution in [-0.2, 0) is 22.3 Å². The number of carbonyl (C=O) groups excluding carboxylic acids is 1. The average molecular weight is 426 g/mol. The summed E-state index contributed by atoms with van der Waals surface area (Å²) < 4.78 is 10.9. The molecular weight excluding hydrogens is 396 g/mol. The van der Waals surface area contributed by atoms with Crippen molar-refractivity contribution in [3.05, 3.63) is 27.8 Å². The van der Waals surface area contributed by atoms with Crippen LogP contribution >= 0.6 is 0 Å². The van der Waals surface area contributed by atoms with E-state index in [1.807, 2.05) is 0 Å². The van der Waals surface area contributed by atoms with Gasteiger partial charge in [-0.05, 0) is 50.3 Å². The van der Waals surface area contributed by atoms with E-state index in [0.29, 0.717) is 27.8 Å². The van der Waals surface area contributed by atoms with Gasteiger partial charge in [-0.1, -0.05) is 0 Å². The highest BCUT2D eigenvalue weighted by Crippen LogP contribution is 2.45. The molecule has 1 aromatic rings. The number of ether oxygens (including phenoxy) is 2. The van der Waals surface area contributed by atoms with Crippen LogP contribution in [0.25, 0.3) is 0 Å². The molecule has 9 heteroatoms. The number of aliphatic hydroxyl groups is 5. The first kappa shape index (κ1) is 23.1. The van der Waals surface area contributed by atoms with Gasteiger partial charge in [0.2, 0.25) is 0 Å². The molecule has 6 N–H and O–H groups in total. The summed E-state index contributed by atoms with van der Waals surface area (Å²) in [6.45, 7) is 4.38. The summed E-state index contributed by atoms with van der Waals surface area (Å²) >= 11 is 0. The Morgan fingerprint density at radius 1 is 1.10 bits per heavy atom. The van der Waals surface area contributed by atoms with E-state index in [2.05, 4.69) is 0 Å². The molecule has 0 bridgehead atoms. The maximum atomic E-state index is 12.9. The number of hydrogen-bond donors (Lipinski definition) is 6. The molecule has 0 amide bonds. The van der Waals surface area contributed by atoms with Gasteiger partial charge in [0.15, 0.2) is 12.1 Å². The van der Waals surface area contributed by atoms with E-state index in [9.17, 15) is 35.4 Å². The molecule has 0 saturated carbocycles. The fourth-order valence-corrected chi connectivity index (χ4v) is 4.38. The molecule has 1 aliphatic carbocycles. The molecule has 1 saturated heterocycles. The van der Waals surface area contributed by atoms with Gasteiger partial charge in [-0.2, -0.15) is 0 Å². The Hall–Kier alpha value is -1.59. The minimum atomic E-state index is -1.53. The summed E-state index contributed by atoms with van der Waals surface area (Å²) in [5.41, 5.74) is 2.05. The average Bonchev–Trinajstić information content (AvgIpc) is 3.00. The molecule has 3 rings (SSSR count). The summed E-state index contributed by atoms with van der Waals surface area (Å²) in [5.74, 6) is -0.173. The van der Waals surface area contributed by atoms with Crippen LogP contribution in [0.1, 0.15) is 39.5 Å². The van der Waals surface area contributed by atoms with E-state index in [1.54, 1.807) is 20.8 Å². The van der Waals surface area contributed by atoms with Gasteiger partial charge in [0.25, 0.3) is 0 Å². The fourth-order valence-electron chi connectivity index (χ4n) is 4.38. The smallest absolute Gasteiger partial charge is 0.186 e. The molecule has 1 heterocycles. The van der Waals surface area contributed by atoms with Gasteiger partial charge in [-0.3, -0.25) is 4.79 Å². The number of ketones is 1. The van der Waals surface area contributed by atoms with Gasteiger partial charge in [0.1, 0.15) is 30.2 Å². The third kappa shape index (κ3) is 3.64. The highest BCUT2D eigenvalue weighted by Gasteiger charge is 2.45. The molecule has 9 nitrogen and oxygen atoms in total. The highest BCUT2D eigenvalue weighted by molar-refractivity contribution is 6.07. The third-order valence-electron chi connectivity index (χ3n) is 6.40. The van der Waals surface area contributed by atoms with Crippen molar-refractivity contribution in [1.29, 1.82) is 0 Å². The molecule has 0 aromatic heterocycles. The van der Waals surface area contributed by atoms with Crippen molar-refractivity contribution in [2.24, 2.45) is 5.41 Å². The third-order valence-corrected chi connectivity index (χ3v) is 6.40. The normalized spacial score (nSPS) is 33.7. The lowest BCUT2D eigenvalue weighted by atomic mass is 9.86. The first-order valence-electron chi connectivity index (χ1n) is 9.99. The molecule has 0 radical (unpaired) electrons. The predicted octanol–water partition coefficient (Wildman–Crippen LogP) is -0.895. The molecule has 6 atom stereocenters. The second-order valence-electron chi connectivity index (χ2n) is 8.47. The van der Waals surface area contributed by atoms with Crippen LogP contribution in [0.5, 0.6) is 5.75 Å². The highest BCUT2D eigenvalue weighted by atomic mass is 16.7. The Kier molecular flexibility index (Phi) is 6.54. The van der Waals surface area contributed by atoms with Crippen molar-refractivity contribution in [3.63, 3.8) is 0 Å². The Morgan fingerprint density at radius 2 is 1.77 bits per heavy atom. The summed E-state index contributed by atoms with van der Waals surface area (Å²) in [6, 6.07) is 0. The Labute approximate surface area is 174 Å². The van der Waals surface area contributed by atoms with E-state index < -0.39 is 42.7 Å². The van der Waals surface area contributed by atoms with Crippen molar-refractivity contribution in [3.8, 4) is 5.75 Å². The summed E-state index contributed by atoms with van der Waals surface area (Å²) in [4.78, 5) is 12.9. The number of benzene rings is 1. The lowest BCUT2D eigenvalue weighted by Gasteiger charge is -2.39. The molecule has 30 heavy (non-hydrogen) atoms. The second kappa shape index (κ2) is 8.51. The minimum absolute atomic E-state index is 0.0314. The van der Waals surface area contributed by atoms with Crippen molar-refractivity contribution in [2.75, 3.05) is 19.8 Å². The number of aromatic hydroxyl groups is 1. The Morgan fingerprint density at radius 3 is 2.37 bits per heavy atom. The standard InChI is InChI=1S/C21H30O9/c1-9-11(4-5-29-20-18(27)17(26)16(25)13(7-22)30-20)10(2)15(24)12-6-21(3,8-23)19(28)14(9)12/h13,16-18,20,22-27H,4-8H2,1-3H3/t13-,16-,17+,18-,20-,21+/m1/s1. The monoisotopic (exact) mass is 426 g/mol. The SMILES string of the molecule is Cc1c(O)c2c(c(C)c1CCO[C@@H]1O[C@H](CO)[C@@H](O)[C@H](O)[C@H]1O)C(=O)[C@](C)(CO)C2. The van der Waals surface area contributed by atoms with E-state index in [4.69, 9.17) is 9.47 Å². The summed E-state index contributed by atoms with van der Waals surface area (Å²) in [7, 11) is 0. The van der Waals surface area contributed by atoms with Crippen molar-refractivity contribution >= 4 is 5.78 Å². The Bertz CT molecular complexity index is 821. The number of phenols is 1. The number of carbonyl (C=O) groups is 1. The van der Waals surface area contributed by atoms with Crippen molar-refractivity contribution in [1.82, 2.24) is 0 Å². The maximum Gasteiger partial charge on any atom is 0.186 e. The van der Waals surface area contributed by atoms with Gasteiger partial charge in [0, 0.05) is 11.1 Å². The molecule has 1 aromatic carbocycles. The number of hydrogen-bond acceptors (Lipinski definition) is 9. The van der Waals surface area contributed by atoms with Gasteiger partial charge < -0.3 is 40.1 Å². The molecule has 0 unspecified atom stereocenters. The van der Waals surface area contributed by atoms with Crippen molar-refractivity contribution < 1.29 is 44.9 Å². The summed E-state index contributed by atoms with van der Waals surface area (Å²) in [5, 5.41) is 59.3. The second-order valence-corrected chi connectivity index (χ2v) is 8.47. The van der Waals surface area contributed by atoms with Crippen molar-refractivity contribution in [2.45, 2.75) is 64.3 Å². The van der Waals surface area contributed by atoms with Crippen LogP contribution in [0.3, 0.4) is 0 Å². The number of phenolic OH excluding ortho intramolecular Hbond substituents is 1. The minimum Gasteiger partial charge on any atom is -0.507 e. The van der Waals surface area contributed by atoms with Gasteiger partial charge in [-0.15, -0.1) is 0 Å². The lowest BCUT2D eigenvalue weighted by Crippen LogP contribution is -2.59. The zero-order valence-corrected chi connectivity index (χ0v) is 17.3. The summed E-state index contributed by atoms with van der Waals surface area (Å²) in [6.07, 6.45) is -6.23. The fraction of sp³-hybridized carbons (Fsp3) is 0.667. The molecule has 168 valence electrons. The number of fused-ring (bicyclic) bond motifs is 1. The largest absolute Gasteiger partial charge is 0.507 e. The van der Waals surface area contributed by atoms with Crippen LogP contribution in [0, 0.1) is 19.3 Å². The van der Waals surface area contributed by atoms with E-state index in [-0.39, 0.29) is 37.6 Å². The van der Waals surface area contributed by atoms with Crippen LogP contribution in [-0.4, -0.2) is 86.9 Å². The van der Waals surface area contributed by atoms with Gasteiger partial charge in [0.05, 0.1) is 25.2 Å². The number of rotatable bonds is 6. The van der Waals surface area contributed by atoms with Gasteiger partial charge >= 0.3 is 0 Å². The van der Waals surface area contributed by atoms with Crippen LogP contribution < -0.4 is 0 Å². The molecule has 1 fully saturated rings. The van der Waals surface area contributed by atoms with E-state index in [1.165, 1.54) is 0 Å². The van der Waals surface area contributed by atoms with Crippen LogP contribution in [0.2, 0.25) is 0 Å². The number of aliphatic hydroxyl groups excluding tert-OH is 5. The first-order chi connectivity index (χ1) is 14.1. The molecular formula is C21H30O9. The molecule has 2 aliphatic rings. The Balaban J connectivity index is 1.78. The van der Waals surface area contributed by atoms with Gasteiger partial charge in [-0.25, -0.2) is 0 Å². The first-order valence-corrected chi connectivity index (χ1v) is 9.99. The number of Topliss-reactive ketones (excluding diaryl/α,β-unsaturated/α-hetero) is 1. The molecule has 1 aliphatic heterocycles. The predicted molar refractivity (Wildman–Crippen MR) is 104 cm³/mol. The quantitative estimate of drug-likeness (QED) is 0.339. The van der Waals surface area contributed by atoms with E-state index in [0.717, 1.165) is 0 Å². The zero-order chi connectivity index (χ0) is 22.4. The van der Waals surface area contributed by atoms with E-state index >= 15 is 0 Å².